The molecule has 0 N–H and O–H groups in total. The van der Waals surface area contributed by atoms with Crippen molar-refractivity contribution in [2.45, 2.75) is 0 Å². The number of benzene rings is 3. The van der Waals surface area contributed by atoms with E-state index < -0.39 is 0 Å². The third-order valence-electron chi connectivity index (χ3n) is 5.69. The van der Waals surface area contributed by atoms with Crippen LogP contribution in [0.4, 0.5) is 5.69 Å². The number of methoxy groups -OCH3 is 1. The molecule has 0 spiro atoms. The van der Waals surface area contributed by atoms with E-state index in [0.29, 0.717) is 33.4 Å². The number of carbonyl (C=O) groups excluding carboxylic acids is 3. The SMILES string of the molecule is COc1ccc(/C=C2/N=C(SCCN3C(=O)c4ccccc4C3=O)N(c3ccccc3)C2=O)cc1. The molecule has 0 bridgehead atoms. The van der Waals surface area contributed by atoms with Gasteiger partial charge in [-0.2, -0.15) is 0 Å². The Morgan fingerprint density at radius 1 is 0.829 bits per heavy atom. The third kappa shape index (κ3) is 4.36. The topological polar surface area (TPSA) is 79.3 Å². The Morgan fingerprint density at radius 3 is 2.09 bits per heavy atom. The zero-order valence-electron chi connectivity index (χ0n) is 18.9. The quantitative estimate of drug-likeness (QED) is 0.382. The standard InChI is InChI=1S/C27H21N3O4S/c1-34-20-13-11-18(12-14-20)17-23-26(33)30(19-7-3-2-4-8-19)27(28-23)35-16-15-29-24(31)21-9-5-6-10-22(21)25(29)32/h2-14,17H,15-16H2,1H3/b23-17+. The molecule has 0 aromatic heterocycles. The van der Waals surface area contributed by atoms with Gasteiger partial charge in [-0.3, -0.25) is 24.2 Å². The van der Waals surface area contributed by atoms with Crippen LogP contribution in [0, 0.1) is 0 Å². The van der Waals surface area contributed by atoms with Gasteiger partial charge in [0.25, 0.3) is 17.7 Å². The Morgan fingerprint density at radius 2 is 1.46 bits per heavy atom. The number of hydrogen-bond donors (Lipinski definition) is 0. The highest BCUT2D eigenvalue weighted by molar-refractivity contribution is 8.14. The summed E-state index contributed by atoms with van der Waals surface area (Å²) in [6.45, 7) is 0.213. The van der Waals surface area contributed by atoms with Crippen LogP contribution in [-0.4, -0.2) is 47.2 Å². The molecule has 3 aromatic carbocycles. The van der Waals surface area contributed by atoms with E-state index in [-0.39, 0.29) is 24.3 Å². The van der Waals surface area contributed by atoms with Crippen molar-refractivity contribution in [2.75, 3.05) is 24.3 Å². The van der Waals surface area contributed by atoms with Crippen LogP contribution in [-0.2, 0) is 4.79 Å². The normalized spacial score (nSPS) is 16.2. The molecular formula is C27H21N3O4S. The van der Waals surface area contributed by atoms with Crippen molar-refractivity contribution >= 4 is 46.4 Å². The molecule has 3 amide bonds. The van der Waals surface area contributed by atoms with Crippen molar-refractivity contribution in [3.05, 3.63) is 101 Å². The van der Waals surface area contributed by atoms with Gasteiger partial charge < -0.3 is 4.74 Å². The van der Waals surface area contributed by atoms with Gasteiger partial charge >= 0.3 is 0 Å². The van der Waals surface area contributed by atoms with Gasteiger partial charge in [0.2, 0.25) is 0 Å². The molecule has 0 saturated carbocycles. The second-order valence-corrected chi connectivity index (χ2v) is 8.89. The Labute approximate surface area is 206 Å². The smallest absolute Gasteiger partial charge is 0.283 e. The Kier molecular flexibility index (Phi) is 6.20. The molecule has 0 fully saturated rings. The van der Waals surface area contributed by atoms with Crippen molar-refractivity contribution in [1.82, 2.24) is 4.90 Å². The molecule has 0 radical (unpaired) electrons. The summed E-state index contributed by atoms with van der Waals surface area (Å²) < 4.78 is 5.20. The molecule has 2 aliphatic rings. The van der Waals surface area contributed by atoms with Gasteiger partial charge in [-0.05, 0) is 48.0 Å². The number of nitrogens with zero attached hydrogens (tertiary/aromatic N) is 3. The summed E-state index contributed by atoms with van der Waals surface area (Å²) in [5.41, 5.74) is 2.67. The Balaban J connectivity index is 1.36. The van der Waals surface area contributed by atoms with Crippen molar-refractivity contribution in [1.29, 1.82) is 0 Å². The zero-order valence-corrected chi connectivity index (χ0v) is 19.7. The van der Waals surface area contributed by atoms with E-state index in [1.165, 1.54) is 16.7 Å². The van der Waals surface area contributed by atoms with Crippen LogP contribution in [0.3, 0.4) is 0 Å². The van der Waals surface area contributed by atoms with Crippen LogP contribution in [0.2, 0.25) is 0 Å². The fourth-order valence-electron chi connectivity index (χ4n) is 3.93. The van der Waals surface area contributed by atoms with Gasteiger partial charge in [-0.1, -0.05) is 54.2 Å². The largest absolute Gasteiger partial charge is 0.497 e. The van der Waals surface area contributed by atoms with Gasteiger partial charge in [0.1, 0.15) is 11.4 Å². The molecule has 0 saturated heterocycles. The first-order chi connectivity index (χ1) is 17.1. The van der Waals surface area contributed by atoms with Crippen LogP contribution < -0.4 is 9.64 Å². The van der Waals surface area contributed by atoms with Gasteiger partial charge in [0.05, 0.1) is 23.9 Å². The summed E-state index contributed by atoms with van der Waals surface area (Å²) >= 11 is 1.33. The molecule has 0 atom stereocenters. The van der Waals surface area contributed by atoms with Gasteiger partial charge in [0.15, 0.2) is 5.17 Å². The van der Waals surface area contributed by atoms with Crippen molar-refractivity contribution in [3.8, 4) is 5.75 Å². The maximum atomic E-state index is 13.3. The maximum Gasteiger partial charge on any atom is 0.283 e. The maximum absolute atomic E-state index is 13.3. The van der Waals surface area contributed by atoms with Gasteiger partial charge in [-0.15, -0.1) is 0 Å². The summed E-state index contributed by atoms with van der Waals surface area (Å²) in [5.74, 6) is 0.293. The van der Waals surface area contributed by atoms with E-state index >= 15 is 0 Å². The molecule has 8 heteroatoms. The number of aliphatic imine (C=N–C) groups is 1. The average molecular weight is 484 g/mol. The number of hydrogen-bond acceptors (Lipinski definition) is 6. The fourth-order valence-corrected chi connectivity index (χ4v) is 4.86. The summed E-state index contributed by atoms with van der Waals surface area (Å²) in [6, 6.07) is 23.4. The van der Waals surface area contributed by atoms with Gasteiger partial charge in [0, 0.05) is 12.3 Å². The van der Waals surface area contributed by atoms with E-state index in [9.17, 15) is 14.4 Å². The number of thioether (sulfide) groups is 1. The summed E-state index contributed by atoms with van der Waals surface area (Å²) in [7, 11) is 1.60. The van der Waals surface area contributed by atoms with Crippen LogP contribution >= 0.6 is 11.8 Å². The number of amidine groups is 1. The van der Waals surface area contributed by atoms with Crippen molar-refractivity contribution in [2.24, 2.45) is 4.99 Å². The fraction of sp³-hybridized carbons (Fsp3) is 0.111. The summed E-state index contributed by atoms with van der Waals surface area (Å²) in [4.78, 5) is 46.0. The zero-order chi connectivity index (χ0) is 24.4. The number of para-hydroxylation sites is 1. The minimum Gasteiger partial charge on any atom is -0.497 e. The number of ether oxygens (including phenoxy) is 1. The highest BCUT2D eigenvalue weighted by Gasteiger charge is 2.36. The van der Waals surface area contributed by atoms with E-state index in [1.54, 1.807) is 42.4 Å². The first-order valence-corrected chi connectivity index (χ1v) is 12.0. The van der Waals surface area contributed by atoms with E-state index in [4.69, 9.17) is 4.74 Å². The highest BCUT2D eigenvalue weighted by atomic mass is 32.2. The number of rotatable bonds is 6. The number of imide groups is 1. The number of fused-ring (bicyclic) bond motifs is 1. The second-order valence-electron chi connectivity index (χ2n) is 7.83. The minimum absolute atomic E-state index is 0.213. The Hall–Kier alpha value is -4.17. The lowest BCUT2D eigenvalue weighted by Crippen LogP contribution is -2.34. The van der Waals surface area contributed by atoms with Crippen LogP contribution in [0.1, 0.15) is 26.3 Å². The molecule has 7 nitrogen and oxygen atoms in total. The molecule has 174 valence electrons. The monoisotopic (exact) mass is 483 g/mol. The number of amides is 3. The first kappa shape index (κ1) is 22.6. The third-order valence-corrected chi connectivity index (χ3v) is 6.61. The summed E-state index contributed by atoms with van der Waals surface area (Å²) in [6.07, 6.45) is 1.73. The molecule has 35 heavy (non-hydrogen) atoms. The first-order valence-electron chi connectivity index (χ1n) is 11.0. The molecule has 2 aliphatic heterocycles. The predicted molar refractivity (Wildman–Crippen MR) is 137 cm³/mol. The van der Waals surface area contributed by atoms with Crippen LogP contribution in [0.5, 0.6) is 5.75 Å². The average Bonchev–Trinajstić information content (AvgIpc) is 3.33. The highest BCUT2D eigenvalue weighted by Crippen LogP contribution is 2.30. The minimum atomic E-state index is -0.296. The van der Waals surface area contributed by atoms with Crippen LogP contribution in [0.15, 0.2) is 89.6 Å². The molecule has 5 rings (SSSR count). The molecule has 2 heterocycles. The molecule has 0 unspecified atom stereocenters. The second kappa shape index (κ2) is 9.60. The van der Waals surface area contributed by atoms with E-state index in [0.717, 1.165) is 11.3 Å². The Bertz CT molecular complexity index is 1330. The molecular weight excluding hydrogens is 462 g/mol. The van der Waals surface area contributed by atoms with Crippen LogP contribution in [0.25, 0.3) is 6.08 Å². The summed E-state index contributed by atoms with van der Waals surface area (Å²) in [5, 5.41) is 0.498. The number of anilines is 1. The number of carbonyl (C=O) groups is 3. The molecule has 0 aliphatic carbocycles. The lowest BCUT2D eigenvalue weighted by Gasteiger charge is -2.19. The van der Waals surface area contributed by atoms with E-state index in [1.807, 2.05) is 54.6 Å². The predicted octanol–water partition coefficient (Wildman–Crippen LogP) is 4.47. The van der Waals surface area contributed by atoms with Crippen molar-refractivity contribution < 1.29 is 19.1 Å². The molecule has 3 aromatic rings. The lowest BCUT2D eigenvalue weighted by molar-refractivity contribution is -0.113. The van der Waals surface area contributed by atoms with Gasteiger partial charge in [-0.25, -0.2) is 4.99 Å². The van der Waals surface area contributed by atoms with Crippen molar-refractivity contribution in [3.63, 3.8) is 0 Å². The lowest BCUT2D eigenvalue weighted by atomic mass is 10.1. The van der Waals surface area contributed by atoms with E-state index in [2.05, 4.69) is 4.99 Å².